The molecule has 4 heteroatoms. The zero-order valence-corrected chi connectivity index (χ0v) is 9.88. The second-order valence-corrected chi connectivity index (χ2v) is 4.18. The van der Waals surface area contributed by atoms with Gasteiger partial charge >= 0.3 is 0 Å². The third-order valence-electron chi connectivity index (χ3n) is 3.06. The van der Waals surface area contributed by atoms with Crippen molar-refractivity contribution in [3.8, 4) is 0 Å². The highest BCUT2D eigenvalue weighted by atomic mass is 16.1. The summed E-state index contributed by atoms with van der Waals surface area (Å²) in [4.78, 5) is 13.4. The van der Waals surface area contributed by atoms with Crippen LogP contribution in [0.25, 0.3) is 0 Å². The van der Waals surface area contributed by atoms with Gasteiger partial charge in [-0.25, -0.2) is 0 Å². The van der Waals surface area contributed by atoms with Gasteiger partial charge in [0.2, 0.25) is 5.91 Å². The van der Waals surface area contributed by atoms with Gasteiger partial charge in [0.05, 0.1) is 0 Å². The summed E-state index contributed by atoms with van der Waals surface area (Å²) in [5.41, 5.74) is 0. The molecule has 0 spiro atoms. The van der Waals surface area contributed by atoms with E-state index in [1.54, 1.807) is 7.05 Å². The lowest BCUT2D eigenvalue weighted by Gasteiger charge is -2.13. The van der Waals surface area contributed by atoms with Crippen molar-refractivity contribution in [3.05, 3.63) is 0 Å². The van der Waals surface area contributed by atoms with Crippen molar-refractivity contribution in [2.24, 2.45) is 5.92 Å². The van der Waals surface area contributed by atoms with Crippen molar-refractivity contribution >= 4 is 5.91 Å². The molecule has 1 aliphatic rings. The predicted molar refractivity (Wildman–Crippen MR) is 61.8 cm³/mol. The lowest BCUT2D eigenvalue weighted by atomic mass is 10.1. The molecule has 88 valence electrons. The fourth-order valence-electron chi connectivity index (χ4n) is 2.00. The average Bonchev–Trinajstić information content (AvgIpc) is 2.72. The van der Waals surface area contributed by atoms with Crippen LogP contribution in [0.1, 0.15) is 19.8 Å². The first kappa shape index (κ1) is 12.5. The van der Waals surface area contributed by atoms with Crippen molar-refractivity contribution in [2.75, 3.05) is 39.8 Å². The molecule has 1 saturated heterocycles. The minimum absolute atomic E-state index is 0.115. The zero-order valence-electron chi connectivity index (χ0n) is 9.88. The lowest BCUT2D eigenvalue weighted by Crippen LogP contribution is -2.29. The summed E-state index contributed by atoms with van der Waals surface area (Å²) in [6, 6.07) is 0. The van der Waals surface area contributed by atoms with Crippen LogP contribution < -0.4 is 10.6 Å². The van der Waals surface area contributed by atoms with E-state index >= 15 is 0 Å². The summed E-state index contributed by atoms with van der Waals surface area (Å²) >= 11 is 0. The van der Waals surface area contributed by atoms with Crippen LogP contribution in [0.2, 0.25) is 0 Å². The van der Waals surface area contributed by atoms with E-state index in [4.69, 9.17) is 0 Å². The number of carbonyl (C=O) groups is 1. The maximum atomic E-state index is 10.9. The van der Waals surface area contributed by atoms with Crippen LogP contribution in [0.3, 0.4) is 0 Å². The van der Waals surface area contributed by atoms with Crippen molar-refractivity contribution in [1.29, 1.82) is 0 Å². The minimum atomic E-state index is 0.115. The number of nitrogens with zero attached hydrogens (tertiary/aromatic N) is 1. The molecule has 1 heterocycles. The highest BCUT2D eigenvalue weighted by Gasteiger charge is 2.20. The molecule has 0 aromatic carbocycles. The predicted octanol–water partition coefficient (Wildman–Crippen LogP) is 0.0539. The van der Waals surface area contributed by atoms with E-state index < -0.39 is 0 Å². The van der Waals surface area contributed by atoms with E-state index in [0.717, 1.165) is 25.6 Å². The Morgan fingerprint density at radius 3 is 2.93 bits per heavy atom. The normalized spacial score (nSPS) is 21.9. The molecule has 1 atom stereocenters. The van der Waals surface area contributed by atoms with E-state index in [1.165, 1.54) is 19.5 Å². The van der Waals surface area contributed by atoms with E-state index in [1.807, 2.05) is 0 Å². The Hall–Kier alpha value is -0.610. The number of carbonyl (C=O) groups excluding carboxylic acids is 1. The van der Waals surface area contributed by atoms with Crippen LogP contribution in [-0.2, 0) is 4.79 Å². The van der Waals surface area contributed by atoms with Crippen molar-refractivity contribution in [3.63, 3.8) is 0 Å². The molecule has 2 N–H and O–H groups in total. The fraction of sp³-hybridized carbons (Fsp3) is 0.909. The zero-order chi connectivity index (χ0) is 11.1. The van der Waals surface area contributed by atoms with Crippen LogP contribution in [0.5, 0.6) is 0 Å². The van der Waals surface area contributed by atoms with Crippen LogP contribution in [0, 0.1) is 5.92 Å². The summed E-state index contributed by atoms with van der Waals surface area (Å²) < 4.78 is 0. The molecule has 1 rings (SSSR count). The number of hydrogen-bond acceptors (Lipinski definition) is 3. The molecule has 0 aromatic heterocycles. The topological polar surface area (TPSA) is 44.4 Å². The van der Waals surface area contributed by atoms with Gasteiger partial charge in [-0.3, -0.25) is 4.79 Å². The molecule has 0 aromatic rings. The maximum absolute atomic E-state index is 10.9. The summed E-state index contributed by atoms with van der Waals surface area (Å²) in [5, 5.41) is 5.97. The average molecular weight is 213 g/mol. The van der Waals surface area contributed by atoms with Gasteiger partial charge in [-0.15, -0.1) is 0 Å². The Kier molecular flexibility index (Phi) is 5.65. The highest BCUT2D eigenvalue weighted by Crippen LogP contribution is 2.14. The van der Waals surface area contributed by atoms with Crippen LogP contribution >= 0.6 is 0 Å². The third-order valence-corrected chi connectivity index (χ3v) is 3.06. The van der Waals surface area contributed by atoms with Crippen molar-refractivity contribution < 1.29 is 4.79 Å². The Balaban J connectivity index is 1.99. The molecule has 0 radical (unpaired) electrons. The summed E-state index contributed by atoms with van der Waals surface area (Å²) in [5.74, 6) is 0.888. The maximum Gasteiger partial charge on any atom is 0.221 e. The Morgan fingerprint density at radius 1 is 1.53 bits per heavy atom. The SMILES string of the molecule is CCN1CCC(CNCCC(=O)NC)C1. The molecule has 1 fully saturated rings. The number of hydrogen-bond donors (Lipinski definition) is 2. The van der Waals surface area contributed by atoms with Crippen LogP contribution in [0.4, 0.5) is 0 Å². The van der Waals surface area contributed by atoms with Gasteiger partial charge in [-0.05, 0) is 32.0 Å². The number of amides is 1. The quantitative estimate of drug-likeness (QED) is 0.613. The van der Waals surface area contributed by atoms with E-state index in [9.17, 15) is 4.79 Å². The lowest BCUT2D eigenvalue weighted by molar-refractivity contribution is -0.120. The van der Waals surface area contributed by atoms with Crippen LogP contribution in [0.15, 0.2) is 0 Å². The van der Waals surface area contributed by atoms with Crippen LogP contribution in [-0.4, -0.2) is 50.6 Å². The molecular weight excluding hydrogens is 190 g/mol. The Bertz CT molecular complexity index is 196. The summed E-state index contributed by atoms with van der Waals surface area (Å²) in [6.07, 6.45) is 1.88. The van der Waals surface area contributed by atoms with Gasteiger partial charge < -0.3 is 15.5 Å². The second-order valence-electron chi connectivity index (χ2n) is 4.18. The van der Waals surface area contributed by atoms with Crippen molar-refractivity contribution in [2.45, 2.75) is 19.8 Å². The first-order chi connectivity index (χ1) is 7.26. The largest absolute Gasteiger partial charge is 0.359 e. The molecule has 1 amide bonds. The minimum Gasteiger partial charge on any atom is -0.359 e. The second kappa shape index (κ2) is 6.80. The molecule has 0 aliphatic carbocycles. The van der Waals surface area contributed by atoms with Gasteiger partial charge in [-0.1, -0.05) is 6.92 Å². The monoisotopic (exact) mass is 213 g/mol. The van der Waals surface area contributed by atoms with Gasteiger partial charge in [0.25, 0.3) is 0 Å². The van der Waals surface area contributed by atoms with Crippen molar-refractivity contribution in [1.82, 2.24) is 15.5 Å². The molecule has 0 bridgehead atoms. The van der Waals surface area contributed by atoms with Gasteiger partial charge in [0, 0.05) is 26.6 Å². The Morgan fingerprint density at radius 2 is 2.33 bits per heavy atom. The molecule has 4 nitrogen and oxygen atoms in total. The molecule has 15 heavy (non-hydrogen) atoms. The fourth-order valence-corrected chi connectivity index (χ4v) is 2.00. The first-order valence-corrected chi connectivity index (χ1v) is 5.90. The summed E-state index contributed by atoms with van der Waals surface area (Å²) in [6.45, 7) is 7.66. The highest BCUT2D eigenvalue weighted by molar-refractivity contribution is 5.75. The number of nitrogens with one attached hydrogen (secondary N) is 2. The smallest absolute Gasteiger partial charge is 0.221 e. The van der Waals surface area contributed by atoms with E-state index in [-0.39, 0.29) is 5.91 Å². The number of rotatable bonds is 6. The number of likely N-dealkylation sites (tertiary alicyclic amines) is 1. The van der Waals surface area contributed by atoms with Gasteiger partial charge in [-0.2, -0.15) is 0 Å². The first-order valence-electron chi connectivity index (χ1n) is 5.90. The van der Waals surface area contributed by atoms with Gasteiger partial charge in [0.1, 0.15) is 0 Å². The molecular formula is C11H23N3O. The van der Waals surface area contributed by atoms with E-state index in [2.05, 4.69) is 22.5 Å². The molecule has 0 saturated carbocycles. The van der Waals surface area contributed by atoms with E-state index in [0.29, 0.717) is 6.42 Å². The van der Waals surface area contributed by atoms with Gasteiger partial charge in [0.15, 0.2) is 0 Å². The summed E-state index contributed by atoms with van der Waals surface area (Å²) in [7, 11) is 1.68. The third kappa shape index (κ3) is 4.62. The molecule has 1 aliphatic heterocycles. The molecule has 1 unspecified atom stereocenters. The Labute approximate surface area is 92.4 Å². The standard InChI is InChI=1S/C11H23N3O/c1-3-14-7-5-10(9-14)8-13-6-4-11(15)12-2/h10,13H,3-9H2,1-2H3,(H,12,15).